The van der Waals surface area contributed by atoms with E-state index in [9.17, 15) is 15.1 Å². The minimum absolute atomic E-state index is 0.0476. The number of ether oxygens (including phenoxy) is 4. The molecule has 0 atom stereocenters. The largest absolute Gasteiger partial charge is 0.619 e. The number of carboxylic acids is 1. The average Bonchev–Trinajstić information content (AvgIpc) is 3.40. The summed E-state index contributed by atoms with van der Waals surface area (Å²) >= 11 is 0. The number of aromatic hydroxyl groups is 1. The van der Waals surface area contributed by atoms with E-state index in [0.717, 1.165) is 70.5 Å². The normalized spacial score (nSPS) is 10.1. The number of hydrogen-bond acceptors (Lipinski definition) is 13. The molecule has 15 nitrogen and oxygen atoms in total. The van der Waals surface area contributed by atoms with Crippen molar-refractivity contribution in [3.8, 4) is 40.5 Å². The third-order valence-corrected chi connectivity index (χ3v) is 10.8. The Kier molecular flexibility index (Phi) is 19.0. The number of fused-ring (bicyclic) bond motifs is 5. The topological polar surface area (TPSA) is 221 Å². The van der Waals surface area contributed by atoms with Gasteiger partial charge in [0.15, 0.2) is 26.2 Å². The highest BCUT2D eigenvalue weighted by molar-refractivity contribution is 6.83. The molecule has 0 unspecified atom stereocenters. The van der Waals surface area contributed by atoms with Gasteiger partial charge in [0.25, 0.3) is 0 Å². The number of methoxy groups -OCH3 is 4. The van der Waals surface area contributed by atoms with Gasteiger partial charge < -0.3 is 34.4 Å². The van der Waals surface area contributed by atoms with Crippen molar-refractivity contribution in [2.45, 2.75) is 19.6 Å². The number of benzene rings is 5. The van der Waals surface area contributed by atoms with Crippen LogP contribution in [0.25, 0.3) is 53.9 Å². The minimum Gasteiger partial charge on any atom is -0.619 e. The molecule has 10 rings (SSSR count). The van der Waals surface area contributed by atoms with Gasteiger partial charge in [-0.3, -0.25) is 9.97 Å². The van der Waals surface area contributed by atoms with Gasteiger partial charge >= 0.3 is 5.97 Å². The van der Waals surface area contributed by atoms with Crippen LogP contribution in [0.2, 0.25) is 19.6 Å². The summed E-state index contributed by atoms with van der Waals surface area (Å²) in [4.78, 5) is 26.7. The van der Waals surface area contributed by atoms with Gasteiger partial charge in [0, 0.05) is 97.4 Å². The zero-order valence-corrected chi connectivity index (χ0v) is 41.1. The van der Waals surface area contributed by atoms with E-state index in [2.05, 4.69) is 31.7 Å². The fourth-order valence-corrected chi connectivity index (χ4v) is 6.71. The van der Waals surface area contributed by atoms with Crippen LogP contribution in [0.1, 0.15) is 16.2 Å². The fraction of sp³-hybridized carbons (Fsp3) is 0.127. The molecule has 5 aromatic carbocycles. The Balaban J connectivity index is 0.000000161. The fourth-order valence-electron chi connectivity index (χ4n) is 6.71. The molecule has 0 aliphatic carbocycles. The van der Waals surface area contributed by atoms with Gasteiger partial charge in [-0.05, 0) is 60.7 Å². The third-order valence-electron chi connectivity index (χ3n) is 10.1. The lowest BCUT2D eigenvalue weighted by molar-refractivity contribution is -0.603. The highest BCUT2D eigenvalue weighted by atomic mass is 28.3. The van der Waals surface area contributed by atoms with Gasteiger partial charge in [-0.15, -0.1) is 0 Å². The number of pyridine rings is 5. The smallest absolute Gasteiger partial charge is 0.355 e. The molecule has 0 radical (unpaired) electrons. The number of phenolic OH excluding ortho intramolecular Hbond substituents is 1. The summed E-state index contributed by atoms with van der Waals surface area (Å²) in [7, 11) is 5.13. The maximum Gasteiger partial charge on any atom is 0.355 e. The quantitative estimate of drug-likeness (QED) is 0.0931. The number of nitriles is 2. The third kappa shape index (κ3) is 14.3. The van der Waals surface area contributed by atoms with Crippen molar-refractivity contribution in [2.24, 2.45) is 0 Å². The predicted octanol–water partition coefficient (Wildman–Crippen LogP) is 11.1. The number of hydrogen-bond donors (Lipinski definition) is 2. The summed E-state index contributed by atoms with van der Waals surface area (Å²) in [6, 6.07) is 38.9. The van der Waals surface area contributed by atoms with E-state index in [1.165, 1.54) is 18.6 Å². The van der Waals surface area contributed by atoms with E-state index in [1.807, 2.05) is 98.6 Å². The minimum atomic E-state index is -1.33. The highest BCUT2D eigenvalue weighted by Gasteiger charge is 2.12. The number of nitrogens with zero attached hydrogens (tertiary/aromatic N) is 7. The Labute approximate surface area is 411 Å². The van der Waals surface area contributed by atoms with E-state index >= 15 is 0 Å². The maximum absolute atomic E-state index is 11.0. The van der Waals surface area contributed by atoms with Crippen LogP contribution in [-0.2, 0) is 0 Å². The molecule has 0 amide bonds. The number of aromatic carboxylic acids is 1. The van der Waals surface area contributed by atoms with E-state index < -0.39 is 14.0 Å². The average molecular weight is 966 g/mol. The van der Waals surface area contributed by atoms with Crippen LogP contribution >= 0.6 is 0 Å². The Morgan fingerprint density at radius 3 is 1.52 bits per heavy atom. The summed E-state index contributed by atoms with van der Waals surface area (Å²) in [5, 5.41) is 55.3. The molecule has 5 heterocycles. The van der Waals surface area contributed by atoms with Crippen molar-refractivity contribution >= 4 is 67.9 Å². The number of carboxylic acid groups (broad SMARTS) is 1. The van der Waals surface area contributed by atoms with Crippen LogP contribution in [0.15, 0.2) is 171 Å². The van der Waals surface area contributed by atoms with Crippen LogP contribution < -0.4 is 23.7 Å². The zero-order valence-electron chi connectivity index (χ0n) is 40.1. The van der Waals surface area contributed by atoms with Crippen molar-refractivity contribution in [2.75, 3.05) is 28.4 Å². The summed E-state index contributed by atoms with van der Waals surface area (Å²) in [6.07, 6.45) is 13.1. The van der Waals surface area contributed by atoms with Gasteiger partial charge in [0.2, 0.25) is 0 Å². The van der Waals surface area contributed by atoms with E-state index in [4.69, 9.17) is 34.6 Å². The zero-order chi connectivity index (χ0) is 51.3. The summed E-state index contributed by atoms with van der Waals surface area (Å²) in [5.74, 6) is 2.38. The van der Waals surface area contributed by atoms with Crippen molar-refractivity contribution in [3.63, 3.8) is 0 Å². The first-order chi connectivity index (χ1) is 34.3. The van der Waals surface area contributed by atoms with Crippen molar-refractivity contribution < 1.29 is 38.7 Å². The van der Waals surface area contributed by atoms with Crippen LogP contribution in [0, 0.1) is 27.5 Å². The number of phenols is 1. The maximum atomic E-state index is 11.0. The summed E-state index contributed by atoms with van der Waals surface area (Å²) in [5.41, 5.74) is 2.72. The van der Waals surface area contributed by atoms with Crippen LogP contribution in [0.4, 0.5) is 0 Å². The lowest BCUT2D eigenvalue weighted by Crippen LogP contribution is -2.23. The van der Waals surface area contributed by atoms with E-state index in [0.29, 0.717) is 22.6 Å². The lowest BCUT2D eigenvalue weighted by atomic mass is 10.1. The molecule has 0 fully saturated rings. The molecule has 0 aliphatic heterocycles. The first-order valence-electron chi connectivity index (χ1n) is 21.7. The van der Waals surface area contributed by atoms with E-state index in [1.54, 1.807) is 102 Å². The predicted molar refractivity (Wildman–Crippen MR) is 278 cm³/mol. The second kappa shape index (κ2) is 25.7. The van der Waals surface area contributed by atoms with Crippen LogP contribution in [-0.4, -0.2) is 72.6 Å². The van der Waals surface area contributed by atoms with Crippen molar-refractivity contribution in [1.82, 2.24) is 19.9 Å². The molecule has 0 saturated carbocycles. The Bertz CT molecular complexity index is 3470. The van der Waals surface area contributed by atoms with Crippen LogP contribution in [0.5, 0.6) is 28.7 Å². The summed E-state index contributed by atoms with van der Waals surface area (Å²) < 4.78 is 21.5. The van der Waals surface area contributed by atoms with Crippen LogP contribution in [0.3, 0.4) is 0 Å². The standard InChI is InChI=1S/C11H8N2O.C11H9NO3.C10H9NO2.C10H9NO.C9H7NO.C4H9NSi/c1-14-11-4-2-3-8-9(11)5-6-13-10(8)7-12;1-15-9-4-2-3-8-7(9)5-6-12-10(8)11(13)14;1-13-10-4-2-3-8-7-11(12)6-5-9(8)10;1-12-10-4-2-3-8-7-11-6-5-9(8)10;11-9-3-1-2-7-6-10-5-4-8(7)9;1-6(2,3)4-5/h2-6H,1H3;2-6H,1H3,(H,13,14);2-7H,1H3;2-7H,1H3;1-6,11H;1-3H3. The molecular weight excluding hydrogens is 915 g/mol. The van der Waals surface area contributed by atoms with Crippen molar-refractivity contribution in [3.05, 3.63) is 187 Å². The number of carbonyl (C=O) groups is 1. The highest BCUT2D eigenvalue weighted by Crippen LogP contribution is 2.28. The second-order valence-corrected chi connectivity index (χ2v) is 20.6. The molecule has 358 valence electrons. The second-order valence-electron chi connectivity index (χ2n) is 15.9. The Morgan fingerprint density at radius 1 is 0.563 bits per heavy atom. The molecule has 16 heteroatoms. The molecule has 5 aromatic heterocycles. The molecular formula is C55H51N7O8Si. The summed E-state index contributed by atoms with van der Waals surface area (Å²) in [6.45, 7) is 6.06. The molecule has 10 aromatic rings. The Morgan fingerprint density at radius 2 is 1.00 bits per heavy atom. The first-order valence-corrected chi connectivity index (χ1v) is 25.2. The first kappa shape index (κ1) is 52.6. The number of aromatic nitrogens is 5. The van der Waals surface area contributed by atoms with E-state index in [-0.39, 0.29) is 5.69 Å². The molecule has 2 N–H and O–H groups in total. The SMILES string of the molecule is COc1cccc2c(C#N)nccc12.COc1cccc2c(C(=O)O)nccc12.COc1cccc2c[n+]([O-])ccc12.COc1cccc2cnccc12.C[Si](C)(C)C#N.Oc1cccc2cnccc12. The molecule has 0 spiro atoms. The monoisotopic (exact) mass is 965 g/mol. The van der Waals surface area contributed by atoms with Gasteiger partial charge in [0.1, 0.15) is 40.5 Å². The molecule has 0 bridgehead atoms. The van der Waals surface area contributed by atoms with Gasteiger partial charge in [-0.1, -0.05) is 74.2 Å². The van der Waals surface area contributed by atoms with Gasteiger partial charge in [-0.2, -0.15) is 9.99 Å². The van der Waals surface area contributed by atoms with Crippen molar-refractivity contribution in [1.29, 1.82) is 10.5 Å². The number of rotatable bonds is 5. The van der Waals surface area contributed by atoms with Gasteiger partial charge in [-0.25, -0.2) is 20.0 Å². The molecule has 0 aliphatic rings. The molecule has 0 saturated heterocycles. The lowest BCUT2D eigenvalue weighted by Gasteiger charge is -2.05. The Hall–Kier alpha value is -9.38. The van der Waals surface area contributed by atoms with Gasteiger partial charge in [0.05, 0.1) is 33.8 Å². The molecule has 71 heavy (non-hydrogen) atoms.